The Balaban J connectivity index is 1.39. The molecule has 1 atom stereocenters. The van der Waals surface area contributed by atoms with Crippen molar-refractivity contribution in [1.29, 1.82) is 0 Å². The van der Waals surface area contributed by atoms with Crippen LogP contribution in [0.5, 0.6) is 5.75 Å². The number of carbonyl (C=O) groups is 1. The van der Waals surface area contributed by atoms with Crippen LogP contribution in [0.1, 0.15) is 40.0 Å². The third-order valence-electron chi connectivity index (χ3n) is 7.60. The van der Waals surface area contributed by atoms with Crippen molar-refractivity contribution in [3.05, 3.63) is 71.0 Å². The molecule has 2 fully saturated rings. The van der Waals surface area contributed by atoms with E-state index in [4.69, 9.17) is 9.47 Å². The maximum absolute atomic E-state index is 14.0. The first-order valence-corrected chi connectivity index (χ1v) is 15.7. The molecule has 0 radical (unpaired) electrons. The summed E-state index contributed by atoms with van der Waals surface area (Å²) in [5.74, 6) is 4.18. The molecule has 13 heteroatoms. The van der Waals surface area contributed by atoms with Crippen LogP contribution in [0.2, 0.25) is 0 Å². The van der Waals surface area contributed by atoms with E-state index in [9.17, 15) is 22.2 Å². The molecular weight excluding hydrogens is 583 g/mol. The molecule has 43 heavy (non-hydrogen) atoms. The van der Waals surface area contributed by atoms with Gasteiger partial charge in [-0.1, -0.05) is 18.2 Å². The molecule has 5 rings (SSSR count). The molecule has 1 aromatic heterocycles. The summed E-state index contributed by atoms with van der Waals surface area (Å²) in [6.45, 7) is 3.17. The van der Waals surface area contributed by atoms with Gasteiger partial charge in [-0.25, -0.2) is 18.5 Å². The monoisotopic (exact) mass is 617 g/mol. The lowest BCUT2D eigenvalue weighted by atomic mass is 10.1. The molecule has 1 amide bonds. The number of morpholine rings is 1. The van der Waals surface area contributed by atoms with Crippen molar-refractivity contribution in [3.8, 4) is 5.75 Å². The number of ether oxygens (including phenoxy) is 2. The number of anilines is 2. The standard InChI is InChI=1S/C30H34F3N5O4S/c1-41-26-19-22(28(39)37-13-5-6-14-37)10-12-25(26)36-29-34-20-23(30(31,32)33)24(35-29)11-9-21-7-3-4-8-27(21)43(2,40)38-15-17-42-18-16-38/h3-4,7-8,10,12,19-20H,2,5-6,9,11,13-18H2,1H3,(H,34,35,36). The lowest BCUT2D eigenvalue weighted by molar-refractivity contribution is -0.138. The van der Waals surface area contributed by atoms with Gasteiger partial charge in [-0.15, -0.1) is 0 Å². The molecule has 3 aromatic rings. The van der Waals surface area contributed by atoms with E-state index in [0.717, 1.165) is 19.0 Å². The van der Waals surface area contributed by atoms with Crippen molar-refractivity contribution in [2.45, 2.75) is 36.8 Å². The highest BCUT2D eigenvalue weighted by Gasteiger charge is 2.35. The quantitative estimate of drug-likeness (QED) is 0.351. The Labute approximate surface area is 249 Å². The molecule has 0 bridgehead atoms. The number of aromatic nitrogens is 2. The highest BCUT2D eigenvalue weighted by molar-refractivity contribution is 7.98. The fourth-order valence-corrected chi connectivity index (χ4v) is 7.20. The summed E-state index contributed by atoms with van der Waals surface area (Å²) in [5.41, 5.74) is 0.337. The van der Waals surface area contributed by atoms with Crippen LogP contribution < -0.4 is 10.1 Å². The first kappa shape index (κ1) is 30.8. The summed E-state index contributed by atoms with van der Waals surface area (Å²) in [6.07, 6.45) is -1.91. The van der Waals surface area contributed by atoms with Crippen molar-refractivity contribution in [2.24, 2.45) is 0 Å². The zero-order valence-electron chi connectivity index (χ0n) is 23.9. The van der Waals surface area contributed by atoms with Gasteiger partial charge in [-0.3, -0.25) is 4.79 Å². The Morgan fingerprint density at radius 3 is 2.51 bits per heavy atom. The topological polar surface area (TPSA) is 96.9 Å². The number of nitrogens with one attached hydrogen (secondary N) is 1. The van der Waals surface area contributed by atoms with Gasteiger partial charge in [0, 0.05) is 42.8 Å². The SMILES string of the molecule is C=S(=O)(c1ccccc1CCc1nc(Nc2ccc(C(=O)N3CCCC3)cc2OC)ncc1C(F)(F)F)N1CCOCC1. The Bertz CT molecular complexity index is 1570. The van der Waals surface area contributed by atoms with Gasteiger partial charge >= 0.3 is 6.18 Å². The van der Waals surface area contributed by atoms with Crippen LogP contribution in [0.25, 0.3) is 0 Å². The van der Waals surface area contributed by atoms with Crippen LogP contribution in [0, 0.1) is 0 Å². The second-order valence-corrected chi connectivity index (χ2v) is 12.6. The van der Waals surface area contributed by atoms with Gasteiger partial charge in [0.25, 0.3) is 5.91 Å². The van der Waals surface area contributed by atoms with Gasteiger partial charge in [0.1, 0.15) is 5.75 Å². The smallest absolute Gasteiger partial charge is 0.419 e. The molecule has 2 aromatic carbocycles. The normalized spacial score (nSPS) is 17.4. The first-order chi connectivity index (χ1) is 20.6. The number of likely N-dealkylation sites (tertiary alicyclic amines) is 1. The number of halogens is 3. The summed E-state index contributed by atoms with van der Waals surface area (Å²) < 4.78 is 68.3. The number of aryl methyl sites for hydroxylation is 2. The summed E-state index contributed by atoms with van der Waals surface area (Å²) in [6, 6.07) is 11.8. The average molecular weight is 618 g/mol. The lowest BCUT2D eigenvalue weighted by Crippen LogP contribution is -2.40. The molecule has 3 heterocycles. The molecule has 9 nitrogen and oxygen atoms in total. The van der Waals surface area contributed by atoms with Crippen LogP contribution in [-0.4, -0.2) is 81.7 Å². The van der Waals surface area contributed by atoms with Crippen LogP contribution >= 0.6 is 0 Å². The Morgan fingerprint density at radius 1 is 1.09 bits per heavy atom. The maximum Gasteiger partial charge on any atom is 0.419 e. The number of hydrogen-bond acceptors (Lipinski definition) is 7. The van der Waals surface area contributed by atoms with E-state index in [-0.39, 0.29) is 30.4 Å². The highest BCUT2D eigenvalue weighted by atomic mass is 32.2. The molecule has 2 aliphatic heterocycles. The minimum Gasteiger partial charge on any atom is -0.495 e. The van der Waals surface area contributed by atoms with Crippen molar-refractivity contribution < 1.29 is 31.6 Å². The average Bonchev–Trinajstić information content (AvgIpc) is 3.55. The minimum absolute atomic E-state index is 0.0533. The van der Waals surface area contributed by atoms with Crippen molar-refractivity contribution in [2.75, 3.05) is 51.8 Å². The number of amides is 1. The molecule has 1 unspecified atom stereocenters. The van der Waals surface area contributed by atoms with E-state index < -0.39 is 21.4 Å². The Kier molecular flexibility index (Phi) is 9.23. The van der Waals surface area contributed by atoms with E-state index in [2.05, 4.69) is 21.2 Å². The summed E-state index contributed by atoms with van der Waals surface area (Å²) in [7, 11) is -1.42. The number of hydrogen-bond donors (Lipinski definition) is 1. The summed E-state index contributed by atoms with van der Waals surface area (Å²) >= 11 is 0. The number of nitrogens with zero attached hydrogens (tertiary/aromatic N) is 4. The molecular formula is C30H34F3N5O4S. The van der Waals surface area contributed by atoms with E-state index in [1.165, 1.54) is 7.11 Å². The van der Waals surface area contributed by atoms with Crippen molar-refractivity contribution in [3.63, 3.8) is 0 Å². The van der Waals surface area contributed by atoms with E-state index >= 15 is 0 Å². The maximum atomic E-state index is 14.0. The van der Waals surface area contributed by atoms with Gasteiger partial charge < -0.3 is 19.7 Å². The zero-order valence-corrected chi connectivity index (χ0v) is 24.7. The number of carbonyl (C=O) groups excluding carboxylic acids is 1. The van der Waals surface area contributed by atoms with Crippen molar-refractivity contribution >= 4 is 33.1 Å². The third-order valence-corrected chi connectivity index (χ3v) is 9.88. The second kappa shape index (κ2) is 12.9. The van der Waals surface area contributed by atoms with E-state index in [1.807, 2.05) is 0 Å². The number of benzene rings is 2. The van der Waals surface area contributed by atoms with Crippen LogP contribution in [-0.2, 0) is 33.5 Å². The molecule has 2 saturated heterocycles. The van der Waals surface area contributed by atoms with Crippen LogP contribution in [0.4, 0.5) is 24.8 Å². The molecule has 0 spiro atoms. The van der Waals surface area contributed by atoms with Crippen LogP contribution in [0.3, 0.4) is 0 Å². The summed E-state index contributed by atoms with van der Waals surface area (Å²) in [4.78, 5) is 23.2. The fraction of sp³-hybridized carbons (Fsp3) is 0.400. The minimum atomic E-state index is -4.67. The van der Waals surface area contributed by atoms with Gasteiger partial charge in [0.15, 0.2) is 0 Å². The van der Waals surface area contributed by atoms with E-state index in [1.54, 1.807) is 51.7 Å². The van der Waals surface area contributed by atoms with Gasteiger partial charge in [0.2, 0.25) is 5.95 Å². The molecule has 0 aliphatic carbocycles. The predicted molar refractivity (Wildman–Crippen MR) is 158 cm³/mol. The number of rotatable bonds is 9. The van der Waals surface area contributed by atoms with Crippen LogP contribution in [0.15, 0.2) is 53.6 Å². The Morgan fingerprint density at radius 2 is 1.81 bits per heavy atom. The Hall–Kier alpha value is -3.68. The lowest BCUT2D eigenvalue weighted by Gasteiger charge is -2.30. The molecule has 1 N–H and O–H groups in total. The fourth-order valence-electron chi connectivity index (χ4n) is 5.31. The van der Waals surface area contributed by atoms with Crippen molar-refractivity contribution in [1.82, 2.24) is 19.2 Å². The highest BCUT2D eigenvalue weighted by Crippen LogP contribution is 2.34. The largest absolute Gasteiger partial charge is 0.495 e. The summed E-state index contributed by atoms with van der Waals surface area (Å²) in [5, 5.41) is 2.94. The first-order valence-electron chi connectivity index (χ1n) is 14.0. The number of alkyl halides is 3. The van der Waals surface area contributed by atoms with E-state index in [0.29, 0.717) is 66.9 Å². The van der Waals surface area contributed by atoms with Gasteiger partial charge in [-0.05, 0) is 61.4 Å². The molecule has 0 saturated carbocycles. The third kappa shape index (κ3) is 6.94. The molecule has 2 aliphatic rings. The molecule has 230 valence electrons. The zero-order chi connectivity index (χ0) is 30.6. The van der Waals surface area contributed by atoms with Gasteiger partial charge in [0.05, 0.1) is 47.0 Å². The van der Waals surface area contributed by atoms with Gasteiger partial charge in [-0.2, -0.15) is 13.2 Å². The predicted octanol–water partition coefficient (Wildman–Crippen LogP) is 4.59. The number of methoxy groups -OCH3 is 1. The second-order valence-electron chi connectivity index (χ2n) is 10.4.